The van der Waals surface area contributed by atoms with Crippen LogP contribution in [0, 0.1) is 34.5 Å². The third-order valence-corrected chi connectivity index (χ3v) is 15.1. The van der Waals surface area contributed by atoms with E-state index in [1.165, 1.54) is 10.8 Å². The van der Waals surface area contributed by atoms with Crippen LogP contribution in [0.25, 0.3) is 0 Å². The summed E-state index contributed by atoms with van der Waals surface area (Å²) in [5, 5.41) is 63.6. The molecule has 6 fully saturated rings. The summed E-state index contributed by atoms with van der Waals surface area (Å²) in [5.74, 6) is -1.61. The predicted molar refractivity (Wildman–Crippen MR) is 176 cm³/mol. The molecule has 6 bridgehead atoms. The number of aliphatic hydroxyl groups excluding tert-OH is 4. The summed E-state index contributed by atoms with van der Waals surface area (Å²) >= 11 is 0. The van der Waals surface area contributed by atoms with Crippen molar-refractivity contribution in [1.82, 2.24) is 5.32 Å². The highest BCUT2D eigenvalue weighted by Gasteiger charge is 2.65. The van der Waals surface area contributed by atoms with Crippen molar-refractivity contribution < 1.29 is 49.9 Å². The average Bonchev–Trinajstić information content (AvgIpc) is 3.53. The number of hydrogen-bond donors (Lipinski definition) is 7. The fourth-order valence-electron chi connectivity index (χ4n) is 10.4. The zero-order valence-corrected chi connectivity index (χ0v) is 28.7. The first kappa shape index (κ1) is 34.4. The molecular formula is C34H51N2O9S2+. The van der Waals surface area contributed by atoms with E-state index in [0.717, 1.165) is 50.6 Å². The van der Waals surface area contributed by atoms with Crippen molar-refractivity contribution in [1.29, 1.82) is 0 Å². The maximum atomic E-state index is 14.8. The van der Waals surface area contributed by atoms with Gasteiger partial charge in [0.05, 0.1) is 37.0 Å². The van der Waals surface area contributed by atoms with Gasteiger partial charge >= 0.3 is 0 Å². The maximum Gasteiger partial charge on any atom is 0.187 e. The van der Waals surface area contributed by atoms with E-state index in [0.29, 0.717) is 25.1 Å². The molecule has 7 rings (SSSR count). The lowest BCUT2D eigenvalue weighted by Crippen LogP contribution is -2.95. The largest absolute Gasteiger partial charge is 0.511 e. The molecule has 13 heteroatoms. The van der Waals surface area contributed by atoms with E-state index in [1.807, 2.05) is 13.0 Å². The molecule has 47 heavy (non-hydrogen) atoms. The lowest BCUT2D eigenvalue weighted by molar-refractivity contribution is -0.705. The first-order valence-electron chi connectivity index (χ1n) is 17.5. The molecule has 3 heterocycles. The second-order valence-corrected chi connectivity index (χ2v) is 17.8. The van der Waals surface area contributed by atoms with Gasteiger partial charge in [0, 0.05) is 24.5 Å². The Hall–Kier alpha value is -1.00. The highest BCUT2D eigenvalue weighted by atomic mass is 33.1. The molecule has 0 aromatic heterocycles. The molecule has 4 aliphatic carbocycles. The smallest absolute Gasteiger partial charge is 0.187 e. The van der Waals surface area contributed by atoms with Gasteiger partial charge in [-0.05, 0) is 56.4 Å². The molecule has 3 saturated heterocycles. The van der Waals surface area contributed by atoms with Crippen LogP contribution in [-0.4, -0.2) is 104 Å². The second-order valence-electron chi connectivity index (χ2n) is 15.3. The van der Waals surface area contributed by atoms with Crippen LogP contribution in [0.3, 0.4) is 0 Å². The summed E-state index contributed by atoms with van der Waals surface area (Å²) in [5.41, 5.74) is -3.02. The molecule has 0 aromatic rings. The maximum absolute atomic E-state index is 14.8. The Balaban J connectivity index is 1.28. The summed E-state index contributed by atoms with van der Waals surface area (Å²) in [4.78, 5) is 29.1. The van der Waals surface area contributed by atoms with Crippen molar-refractivity contribution in [3.63, 3.8) is 0 Å². The number of fused-ring (bicyclic) bond motifs is 5. The van der Waals surface area contributed by atoms with Gasteiger partial charge in [0.15, 0.2) is 12.1 Å². The van der Waals surface area contributed by atoms with Crippen LogP contribution >= 0.6 is 21.6 Å². The number of nitrogens with one attached hydrogen (secondary N) is 1. The van der Waals surface area contributed by atoms with E-state index in [9.17, 15) is 35.1 Å². The molecule has 262 valence electrons. The van der Waals surface area contributed by atoms with Crippen molar-refractivity contribution >= 4 is 33.2 Å². The zero-order valence-electron chi connectivity index (χ0n) is 27.1. The molecule has 8 N–H and O–H groups in total. The minimum atomic E-state index is -2.03. The Morgan fingerprint density at radius 1 is 1.06 bits per heavy atom. The zero-order chi connectivity index (χ0) is 33.1. The molecule has 2 spiro atoms. The predicted octanol–water partition coefficient (Wildman–Crippen LogP) is 1.31. The Labute approximate surface area is 284 Å². The standard InChI is InChI=1S/C34H50N2O9S2/c1-18-11-21-27(39)20-5-4-6-22-26(20)29(41)33(21,24(38)12-18)16-46-47-17-36-25-13-19(7-10-35-25)32(8-2-3-9-32)15-34(43)28(40)23(14-37)45-31(44-22)30(34)42/h11-12,19-23,25-26,28,30-31,35-38,40,42-43H,2-10,13-17H2,1H3/p+1/t19?,20?,21-,22?,23+,25?,26?,28+,30-,31+,33-,34+/m0/s1. The number of nitrogens with two attached hydrogens (primary N) is 1. The molecular weight excluding hydrogens is 645 g/mol. The van der Waals surface area contributed by atoms with Gasteiger partial charge in [-0.25, -0.2) is 0 Å². The molecule has 11 nitrogen and oxygen atoms in total. The molecule has 0 amide bonds. The van der Waals surface area contributed by atoms with Crippen molar-refractivity contribution in [2.45, 2.75) is 114 Å². The Morgan fingerprint density at radius 3 is 2.62 bits per heavy atom. The number of allylic oxidation sites excluding steroid dienone is 4. The lowest BCUT2D eigenvalue weighted by atomic mass is 9.53. The van der Waals surface area contributed by atoms with Crippen LogP contribution in [-0.2, 0) is 19.1 Å². The van der Waals surface area contributed by atoms with Crippen LogP contribution in [0.5, 0.6) is 0 Å². The minimum Gasteiger partial charge on any atom is -0.511 e. The van der Waals surface area contributed by atoms with Gasteiger partial charge in [-0.2, -0.15) is 0 Å². The van der Waals surface area contributed by atoms with Crippen molar-refractivity contribution in [2.24, 2.45) is 34.5 Å². The normalized spacial score (nSPS) is 47.3. The number of ether oxygens (including phenoxy) is 2. The number of Topliss-reactive ketones (excluding diaryl/α,β-unsaturated/α-hetero) is 2. The minimum absolute atomic E-state index is 0.0867. The molecule has 3 aliphatic heterocycles. The number of aliphatic hydroxyl groups is 5. The van der Waals surface area contributed by atoms with Gasteiger partial charge in [0.2, 0.25) is 0 Å². The van der Waals surface area contributed by atoms with Crippen LogP contribution in [0.2, 0.25) is 0 Å². The number of carbonyl (C=O) groups excluding carboxylic acids is 2. The van der Waals surface area contributed by atoms with Gasteiger partial charge in [-0.1, -0.05) is 52.5 Å². The summed E-state index contributed by atoms with van der Waals surface area (Å²) in [6.45, 7) is 2.15. The van der Waals surface area contributed by atoms with Gasteiger partial charge in [-0.15, -0.1) is 0 Å². The van der Waals surface area contributed by atoms with E-state index in [4.69, 9.17) is 9.47 Å². The number of hydrogen-bond acceptors (Lipinski definition) is 12. The van der Waals surface area contributed by atoms with Gasteiger partial charge in [0.1, 0.15) is 47.0 Å². The fraction of sp³-hybridized carbons (Fsp3) is 0.824. The highest BCUT2D eigenvalue weighted by Crippen LogP contribution is 2.57. The highest BCUT2D eigenvalue weighted by molar-refractivity contribution is 8.76. The van der Waals surface area contributed by atoms with E-state index in [-0.39, 0.29) is 47.0 Å². The molecule has 5 unspecified atom stereocenters. The van der Waals surface area contributed by atoms with Crippen molar-refractivity contribution in [3.8, 4) is 0 Å². The number of quaternary nitrogens is 1. The van der Waals surface area contributed by atoms with Crippen LogP contribution in [0.15, 0.2) is 23.5 Å². The van der Waals surface area contributed by atoms with E-state index >= 15 is 0 Å². The first-order valence-corrected chi connectivity index (χ1v) is 20.0. The van der Waals surface area contributed by atoms with Crippen LogP contribution in [0.1, 0.15) is 71.1 Å². The van der Waals surface area contributed by atoms with E-state index in [1.54, 1.807) is 16.9 Å². The van der Waals surface area contributed by atoms with Crippen LogP contribution < -0.4 is 10.6 Å². The monoisotopic (exact) mass is 695 g/mol. The van der Waals surface area contributed by atoms with Gasteiger partial charge in [0.25, 0.3) is 0 Å². The summed E-state index contributed by atoms with van der Waals surface area (Å²) < 4.78 is 12.5. The van der Waals surface area contributed by atoms with Crippen molar-refractivity contribution in [2.75, 3.05) is 24.8 Å². The summed E-state index contributed by atoms with van der Waals surface area (Å²) in [6, 6.07) is 0. The van der Waals surface area contributed by atoms with E-state index < -0.39 is 66.1 Å². The number of piperidine rings is 1. The Morgan fingerprint density at radius 2 is 1.85 bits per heavy atom. The number of carbonyl (C=O) groups is 2. The topological polar surface area (TPSA) is 182 Å². The van der Waals surface area contributed by atoms with Gasteiger partial charge < -0.3 is 40.3 Å². The Kier molecular flexibility index (Phi) is 9.73. The van der Waals surface area contributed by atoms with Crippen LogP contribution in [0.4, 0.5) is 0 Å². The SMILES string of the molecule is CC1=C[C@H]2C(=O)C3CCCC4O[C@@H]5O[C@H](CO)[C@@H](O)[C@](O)(CC6(CCCC6)C6CC[NH2+]C(C6)NCSSC[C@@]2(C(=O)C43)C(O)=C1)[C@H]5O. The fourth-order valence-corrected chi connectivity index (χ4v) is 12.8. The van der Waals surface area contributed by atoms with E-state index in [2.05, 4.69) is 10.6 Å². The lowest BCUT2D eigenvalue weighted by Gasteiger charge is -2.54. The number of rotatable bonds is 1. The molecule has 3 saturated carbocycles. The number of ketones is 2. The van der Waals surface area contributed by atoms with Crippen molar-refractivity contribution in [3.05, 3.63) is 23.5 Å². The molecule has 0 radical (unpaired) electrons. The quantitative estimate of drug-likeness (QED) is 0.196. The third-order valence-electron chi connectivity index (χ3n) is 12.8. The summed E-state index contributed by atoms with van der Waals surface area (Å²) in [6.07, 6.45) is 4.19. The third kappa shape index (κ3) is 5.68. The molecule has 12 atom stereocenters. The average molecular weight is 696 g/mol. The summed E-state index contributed by atoms with van der Waals surface area (Å²) in [7, 11) is 3.08. The Bertz CT molecular complexity index is 1290. The van der Waals surface area contributed by atoms with Gasteiger partial charge in [-0.3, -0.25) is 14.9 Å². The second kappa shape index (κ2) is 13.3. The first-order chi connectivity index (χ1) is 22.5. The molecule has 0 aromatic carbocycles. The molecule has 7 aliphatic rings.